The number of hydrogen-bond acceptors (Lipinski definition) is 2. The molecule has 0 aliphatic heterocycles. The van der Waals surface area contributed by atoms with Gasteiger partial charge in [0.2, 0.25) is 0 Å². The molecule has 0 radical (unpaired) electrons. The molecule has 0 saturated carbocycles. The standard InChI is InChI=1S/C20H19NO2/c1-3-14-8-4-7-11-18(14)21-20(22)17-12-13-19(23-2)16-10-6-5-9-15(16)17/h4-13H,3H2,1-2H3,(H,21,22). The molecule has 0 spiro atoms. The highest BCUT2D eigenvalue weighted by molar-refractivity contribution is 6.14. The second kappa shape index (κ2) is 6.53. The Morgan fingerprint density at radius 3 is 2.39 bits per heavy atom. The fraction of sp³-hybridized carbons (Fsp3) is 0.150. The van der Waals surface area contributed by atoms with Gasteiger partial charge in [-0.1, -0.05) is 49.4 Å². The first-order valence-electron chi connectivity index (χ1n) is 7.69. The van der Waals surface area contributed by atoms with Crippen molar-refractivity contribution >= 4 is 22.4 Å². The molecule has 116 valence electrons. The van der Waals surface area contributed by atoms with E-state index in [-0.39, 0.29) is 5.91 Å². The normalized spacial score (nSPS) is 10.5. The summed E-state index contributed by atoms with van der Waals surface area (Å²) < 4.78 is 5.39. The van der Waals surface area contributed by atoms with Gasteiger partial charge in [0, 0.05) is 16.6 Å². The van der Waals surface area contributed by atoms with E-state index in [0.29, 0.717) is 5.56 Å². The van der Waals surface area contributed by atoms with Gasteiger partial charge in [-0.25, -0.2) is 0 Å². The van der Waals surface area contributed by atoms with Crippen molar-refractivity contribution in [2.75, 3.05) is 12.4 Å². The lowest BCUT2D eigenvalue weighted by Crippen LogP contribution is -2.13. The number of benzene rings is 3. The Kier molecular flexibility index (Phi) is 4.29. The maximum Gasteiger partial charge on any atom is 0.256 e. The van der Waals surface area contributed by atoms with E-state index in [1.165, 1.54) is 0 Å². The third kappa shape index (κ3) is 2.90. The number of para-hydroxylation sites is 1. The lowest BCUT2D eigenvalue weighted by atomic mass is 10.0. The van der Waals surface area contributed by atoms with Crippen LogP contribution in [0.5, 0.6) is 5.75 Å². The van der Waals surface area contributed by atoms with Gasteiger partial charge in [-0.15, -0.1) is 0 Å². The fourth-order valence-electron chi connectivity index (χ4n) is 2.79. The number of ether oxygens (including phenoxy) is 1. The van der Waals surface area contributed by atoms with Gasteiger partial charge >= 0.3 is 0 Å². The van der Waals surface area contributed by atoms with Crippen LogP contribution in [-0.2, 0) is 6.42 Å². The van der Waals surface area contributed by atoms with Gasteiger partial charge in [-0.2, -0.15) is 0 Å². The van der Waals surface area contributed by atoms with E-state index < -0.39 is 0 Å². The van der Waals surface area contributed by atoms with Gasteiger partial charge in [-0.3, -0.25) is 4.79 Å². The van der Waals surface area contributed by atoms with Gasteiger partial charge in [0.15, 0.2) is 0 Å². The summed E-state index contributed by atoms with van der Waals surface area (Å²) >= 11 is 0. The Bertz CT molecular complexity index is 855. The Hall–Kier alpha value is -2.81. The zero-order valence-corrected chi connectivity index (χ0v) is 13.3. The first-order chi connectivity index (χ1) is 11.2. The Labute approximate surface area is 135 Å². The summed E-state index contributed by atoms with van der Waals surface area (Å²) in [5.74, 6) is 0.663. The average Bonchev–Trinajstić information content (AvgIpc) is 2.61. The highest BCUT2D eigenvalue weighted by atomic mass is 16.5. The van der Waals surface area contributed by atoms with Crippen molar-refractivity contribution in [1.29, 1.82) is 0 Å². The molecule has 0 atom stereocenters. The van der Waals surface area contributed by atoms with Gasteiger partial charge in [0.25, 0.3) is 5.91 Å². The van der Waals surface area contributed by atoms with Crippen molar-refractivity contribution in [3.8, 4) is 5.75 Å². The topological polar surface area (TPSA) is 38.3 Å². The predicted octanol–water partition coefficient (Wildman–Crippen LogP) is 4.66. The number of nitrogens with one attached hydrogen (secondary N) is 1. The highest BCUT2D eigenvalue weighted by Crippen LogP contribution is 2.29. The summed E-state index contributed by atoms with van der Waals surface area (Å²) in [6, 6.07) is 19.3. The third-order valence-corrected chi connectivity index (χ3v) is 4.00. The molecule has 3 rings (SSSR count). The lowest BCUT2D eigenvalue weighted by molar-refractivity contribution is 0.102. The van der Waals surface area contributed by atoms with E-state index in [4.69, 9.17) is 4.74 Å². The summed E-state index contributed by atoms with van der Waals surface area (Å²) in [6.07, 6.45) is 0.875. The minimum Gasteiger partial charge on any atom is -0.496 e. The second-order valence-electron chi connectivity index (χ2n) is 5.33. The van der Waals surface area contributed by atoms with Gasteiger partial charge in [-0.05, 0) is 35.6 Å². The van der Waals surface area contributed by atoms with Crippen LogP contribution in [0.4, 0.5) is 5.69 Å². The number of amides is 1. The zero-order chi connectivity index (χ0) is 16.2. The zero-order valence-electron chi connectivity index (χ0n) is 13.3. The van der Waals surface area contributed by atoms with Crippen LogP contribution in [0.1, 0.15) is 22.8 Å². The van der Waals surface area contributed by atoms with Crippen molar-refractivity contribution in [2.24, 2.45) is 0 Å². The van der Waals surface area contributed by atoms with Gasteiger partial charge < -0.3 is 10.1 Å². The number of rotatable bonds is 4. The maximum atomic E-state index is 12.7. The molecule has 0 aliphatic carbocycles. The molecule has 23 heavy (non-hydrogen) atoms. The Morgan fingerprint density at radius 2 is 1.65 bits per heavy atom. The summed E-state index contributed by atoms with van der Waals surface area (Å²) in [5, 5.41) is 4.85. The molecule has 3 nitrogen and oxygen atoms in total. The van der Waals surface area contributed by atoms with Crippen molar-refractivity contribution in [2.45, 2.75) is 13.3 Å². The molecule has 0 aliphatic rings. The number of hydrogen-bond donors (Lipinski definition) is 1. The van der Waals surface area contributed by atoms with Crippen LogP contribution in [0, 0.1) is 0 Å². The minimum absolute atomic E-state index is 0.107. The molecule has 0 fully saturated rings. The van der Waals surface area contributed by atoms with Crippen molar-refractivity contribution < 1.29 is 9.53 Å². The lowest BCUT2D eigenvalue weighted by Gasteiger charge is -2.12. The number of anilines is 1. The monoisotopic (exact) mass is 305 g/mol. The molecule has 1 N–H and O–H groups in total. The fourth-order valence-corrected chi connectivity index (χ4v) is 2.79. The van der Waals surface area contributed by atoms with Crippen LogP contribution in [0.2, 0.25) is 0 Å². The molecule has 1 amide bonds. The molecule has 0 heterocycles. The Balaban J connectivity index is 2.02. The molecule has 3 aromatic rings. The largest absolute Gasteiger partial charge is 0.496 e. The minimum atomic E-state index is -0.107. The molecule has 0 aromatic heterocycles. The first-order valence-corrected chi connectivity index (χ1v) is 7.69. The van der Waals surface area contributed by atoms with Crippen LogP contribution in [-0.4, -0.2) is 13.0 Å². The van der Waals surface area contributed by atoms with Crippen LogP contribution in [0.25, 0.3) is 10.8 Å². The summed E-state index contributed by atoms with van der Waals surface area (Å²) in [4.78, 5) is 12.7. The smallest absolute Gasteiger partial charge is 0.256 e. The second-order valence-corrected chi connectivity index (χ2v) is 5.33. The quantitative estimate of drug-likeness (QED) is 0.761. The van der Waals surface area contributed by atoms with E-state index in [2.05, 4.69) is 12.2 Å². The Morgan fingerprint density at radius 1 is 0.957 bits per heavy atom. The number of methoxy groups -OCH3 is 1. The number of carbonyl (C=O) groups excluding carboxylic acids is 1. The number of carbonyl (C=O) groups is 1. The van der Waals surface area contributed by atoms with E-state index in [1.807, 2.05) is 60.7 Å². The van der Waals surface area contributed by atoms with E-state index in [9.17, 15) is 4.79 Å². The van der Waals surface area contributed by atoms with Crippen LogP contribution >= 0.6 is 0 Å². The summed E-state index contributed by atoms with van der Waals surface area (Å²) in [5.41, 5.74) is 2.63. The van der Waals surface area contributed by atoms with E-state index >= 15 is 0 Å². The third-order valence-electron chi connectivity index (χ3n) is 4.00. The number of aryl methyl sites for hydroxylation is 1. The number of fused-ring (bicyclic) bond motifs is 1. The first kappa shape index (κ1) is 15.1. The van der Waals surface area contributed by atoms with E-state index in [1.54, 1.807) is 7.11 Å². The average molecular weight is 305 g/mol. The van der Waals surface area contributed by atoms with Crippen molar-refractivity contribution in [1.82, 2.24) is 0 Å². The van der Waals surface area contributed by atoms with Crippen LogP contribution in [0.3, 0.4) is 0 Å². The molecule has 3 aromatic carbocycles. The van der Waals surface area contributed by atoms with E-state index in [0.717, 1.165) is 34.2 Å². The molecule has 0 bridgehead atoms. The molecule has 0 unspecified atom stereocenters. The summed E-state index contributed by atoms with van der Waals surface area (Å²) in [7, 11) is 1.64. The molecular formula is C20H19NO2. The SMILES string of the molecule is CCc1ccccc1NC(=O)c1ccc(OC)c2ccccc12. The highest BCUT2D eigenvalue weighted by Gasteiger charge is 2.13. The van der Waals surface area contributed by atoms with Gasteiger partial charge in [0.1, 0.15) is 5.75 Å². The van der Waals surface area contributed by atoms with Crippen molar-refractivity contribution in [3.63, 3.8) is 0 Å². The van der Waals surface area contributed by atoms with Crippen LogP contribution < -0.4 is 10.1 Å². The summed E-state index contributed by atoms with van der Waals surface area (Å²) in [6.45, 7) is 2.08. The molecular weight excluding hydrogens is 286 g/mol. The van der Waals surface area contributed by atoms with Crippen LogP contribution in [0.15, 0.2) is 60.7 Å². The molecule has 0 saturated heterocycles. The molecule has 3 heteroatoms. The predicted molar refractivity (Wildman–Crippen MR) is 94.3 cm³/mol. The van der Waals surface area contributed by atoms with Gasteiger partial charge in [0.05, 0.1) is 7.11 Å². The van der Waals surface area contributed by atoms with Crippen molar-refractivity contribution in [3.05, 3.63) is 71.8 Å². The maximum absolute atomic E-state index is 12.7.